The fourth-order valence-corrected chi connectivity index (χ4v) is 2.24. The zero-order valence-corrected chi connectivity index (χ0v) is 18.0. The van der Waals surface area contributed by atoms with Crippen LogP contribution in [0.25, 0.3) is 0 Å². The van der Waals surface area contributed by atoms with Crippen LogP contribution in [0.4, 0.5) is 5.69 Å². The van der Waals surface area contributed by atoms with E-state index < -0.39 is 0 Å². The second-order valence-electron chi connectivity index (χ2n) is 6.04. The van der Waals surface area contributed by atoms with E-state index in [1.165, 1.54) is 0 Å². The number of aliphatic imine (C=N–C) groups is 1. The molecule has 1 amide bonds. The summed E-state index contributed by atoms with van der Waals surface area (Å²) >= 11 is 0. The van der Waals surface area contributed by atoms with Crippen LogP contribution in [0, 0.1) is 5.92 Å². The summed E-state index contributed by atoms with van der Waals surface area (Å²) in [7, 11) is 0. The Hall–Kier alpha value is -1.71. The largest absolute Gasteiger partial charge is 0.490 e. The lowest BCUT2D eigenvalue weighted by atomic mass is 10.2. The van der Waals surface area contributed by atoms with E-state index in [4.69, 9.17) is 9.47 Å². The predicted molar refractivity (Wildman–Crippen MR) is 115 cm³/mol. The number of fused-ring (bicyclic) bond motifs is 1. The van der Waals surface area contributed by atoms with Gasteiger partial charge >= 0.3 is 0 Å². The van der Waals surface area contributed by atoms with E-state index in [0.717, 1.165) is 30.2 Å². The standard InChI is InChI=1S/C18H28N4O3.HI/c1-4-19-18(21-9-8-20-17(23)13(2)3)22-14-6-7-15-16(12-14)25-11-5-10-24-15;/h6-7,12-13H,4-5,8-11H2,1-3H3,(H,20,23)(H2,19,21,22);1H. The van der Waals surface area contributed by atoms with Crippen molar-refractivity contribution in [2.45, 2.75) is 27.2 Å². The molecule has 0 fully saturated rings. The number of carbonyl (C=O) groups is 1. The predicted octanol–water partition coefficient (Wildman–Crippen LogP) is 2.62. The number of carbonyl (C=O) groups excluding carboxylic acids is 1. The average molecular weight is 476 g/mol. The number of hydrogen-bond donors (Lipinski definition) is 3. The van der Waals surface area contributed by atoms with Crippen LogP contribution >= 0.6 is 24.0 Å². The number of anilines is 1. The van der Waals surface area contributed by atoms with Crippen molar-refractivity contribution in [2.24, 2.45) is 10.9 Å². The third-order valence-electron chi connectivity index (χ3n) is 3.56. The summed E-state index contributed by atoms with van der Waals surface area (Å²) in [5.41, 5.74) is 0.871. The lowest BCUT2D eigenvalue weighted by molar-refractivity contribution is -0.123. The Morgan fingerprint density at radius 2 is 1.92 bits per heavy atom. The Morgan fingerprint density at radius 1 is 1.19 bits per heavy atom. The van der Waals surface area contributed by atoms with Gasteiger partial charge in [-0.25, -0.2) is 0 Å². The number of nitrogens with zero attached hydrogens (tertiary/aromatic N) is 1. The molecule has 1 aliphatic heterocycles. The highest BCUT2D eigenvalue weighted by atomic mass is 127. The van der Waals surface area contributed by atoms with Gasteiger partial charge < -0.3 is 25.4 Å². The SMILES string of the molecule is CCNC(=NCCNC(=O)C(C)C)Nc1ccc2c(c1)OCCCO2.I. The Morgan fingerprint density at radius 3 is 2.62 bits per heavy atom. The number of halogens is 1. The molecular weight excluding hydrogens is 447 g/mol. The summed E-state index contributed by atoms with van der Waals surface area (Å²) in [5.74, 6) is 2.19. The van der Waals surface area contributed by atoms with Crippen LogP contribution in [0.5, 0.6) is 11.5 Å². The fraction of sp³-hybridized carbons (Fsp3) is 0.556. The van der Waals surface area contributed by atoms with Crippen molar-refractivity contribution in [1.82, 2.24) is 10.6 Å². The quantitative estimate of drug-likeness (QED) is 0.255. The Balaban J connectivity index is 0.00000338. The molecule has 1 aliphatic rings. The third-order valence-corrected chi connectivity index (χ3v) is 3.56. The van der Waals surface area contributed by atoms with Crippen molar-refractivity contribution in [3.63, 3.8) is 0 Å². The molecule has 0 bridgehead atoms. The van der Waals surface area contributed by atoms with Crippen molar-refractivity contribution in [2.75, 3.05) is 38.2 Å². The molecule has 0 spiro atoms. The molecular formula is C18H29IN4O3. The number of ether oxygens (including phenoxy) is 2. The molecule has 8 heteroatoms. The second kappa shape index (κ2) is 11.8. The molecule has 0 aliphatic carbocycles. The maximum absolute atomic E-state index is 11.6. The number of nitrogens with one attached hydrogen (secondary N) is 3. The van der Waals surface area contributed by atoms with Gasteiger partial charge in [0.15, 0.2) is 17.5 Å². The van der Waals surface area contributed by atoms with Crippen LogP contribution < -0.4 is 25.4 Å². The van der Waals surface area contributed by atoms with Gasteiger partial charge in [-0.05, 0) is 19.1 Å². The van der Waals surface area contributed by atoms with Gasteiger partial charge in [0.2, 0.25) is 5.91 Å². The molecule has 0 aromatic heterocycles. The first-order valence-electron chi connectivity index (χ1n) is 8.83. The highest BCUT2D eigenvalue weighted by Gasteiger charge is 2.11. The van der Waals surface area contributed by atoms with Gasteiger partial charge in [0.05, 0.1) is 19.8 Å². The van der Waals surface area contributed by atoms with Crippen molar-refractivity contribution in [3.8, 4) is 11.5 Å². The summed E-state index contributed by atoms with van der Waals surface area (Å²) in [6, 6.07) is 5.74. The van der Waals surface area contributed by atoms with E-state index in [2.05, 4.69) is 20.9 Å². The smallest absolute Gasteiger partial charge is 0.222 e. The molecule has 0 radical (unpaired) electrons. The first-order chi connectivity index (χ1) is 12.1. The maximum atomic E-state index is 11.6. The molecule has 0 saturated carbocycles. The van der Waals surface area contributed by atoms with E-state index in [-0.39, 0.29) is 35.8 Å². The number of rotatable bonds is 6. The second-order valence-corrected chi connectivity index (χ2v) is 6.04. The monoisotopic (exact) mass is 476 g/mol. The van der Waals surface area contributed by atoms with Crippen LogP contribution in [0.1, 0.15) is 27.2 Å². The molecule has 7 nitrogen and oxygen atoms in total. The van der Waals surface area contributed by atoms with Crippen LogP contribution in [0.3, 0.4) is 0 Å². The Labute approximate surface area is 172 Å². The highest BCUT2D eigenvalue weighted by molar-refractivity contribution is 14.0. The number of benzene rings is 1. The van der Waals surface area contributed by atoms with Gasteiger partial charge in [-0.1, -0.05) is 13.8 Å². The number of amides is 1. The summed E-state index contributed by atoms with van der Waals surface area (Å²) in [5, 5.41) is 9.29. The van der Waals surface area contributed by atoms with Crippen molar-refractivity contribution in [3.05, 3.63) is 18.2 Å². The van der Waals surface area contributed by atoms with Crippen molar-refractivity contribution >= 4 is 41.5 Å². The molecule has 26 heavy (non-hydrogen) atoms. The molecule has 0 saturated heterocycles. The van der Waals surface area contributed by atoms with Crippen LogP contribution in [-0.4, -0.2) is 44.7 Å². The molecule has 1 heterocycles. The van der Waals surface area contributed by atoms with E-state index in [0.29, 0.717) is 32.3 Å². The third kappa shape index (κ3) is 7.27. The summed E-state index contributed by atoms with van der Waals surface area (Å²) in [6.07, 6.45) is 0.879. The Bertz CT molecular complexity index is 608. The van der Waals surface area contributed by atoms with Gasteiger partial charge in [0.1, 0.15) is 0 Å². The minimum atomic E-state index is -0.0165. The first-order valence-corrected chi connectivity index (χ1v) is 8.83. The molecule has 2 rings (SSSR count). The minimum Gasteiger partial charge on any atom is -0.490 e. The zero-order valence-electron chi connectivity index (χ0n) is 15.6. The summed E-state index contributed by atoms with van der Waals surface area (Å²) in [4.78, 5) is 16.0. The van der Waals surface area contributed by atoms with Crippen molar-refractivity contribution in [1.29, 1.82) is 0 Å². The van der Waals surface area contributed by atoms with Gasteiger partial charge in [-0.15, -0.1) is 24.0 Å². The molecule has 0 atom stereocenters. The van der Waals surface area contributed by atoms with E-state index >= 15 is 0 Å². The van der Waals surface area contributed by atoms with Crippen LogP contribution in [-0.2, 0) is 4.79 Å². The molecule has 1 aromatic rings. The number of hydrogen-bond acceptors (Lipinski definition) is 4. The normalized spacial score (nSPS) is 13.5. The molecule has 146 valence electrons. The highest BCUT2D eigenvalue weighted by Crippen LogP contribution is 2.32. The van der Waals surface area contributed by atoms with Gasteiger partial charge in [0.25, 0.3) is 0 Å². The average Bonchev–Trinajstić information content (AvgIpc) is 2.83. The van der Waals surface area contributed by atoms with Gasteiger partial charge in [0, 0.05) is 37.2 Å². The minimum absolute atomic E-state index is 0. The van der Waals surface area contributed by atoms with Crippen LogP contribution in [0.15, 0.2) is 23.2 Å². The lowest BCUT2D eigenvalue weighted by Gasteiger charge is -2.14. The van der Waals surface area contributed by atoms with Gasteiger partial charge in [-0.2, -0.15) is 0 Å². The lowest BCUT2D eigenvalue weighted by Crippen LogP contribution is -2.33. The first kappa shape index (κ1) is 22.3. The number of guanidine groups is 1. The molecule has 0 unspecified atom stereocenters. The summed E-state index contributed by atoms with van der Waals surface area (Å²) < 4.78 is 11.3. The molecule has 1 aromatic carbocycles. The van der Waals surface area contributed by atoms with E-state index in [1.807, 2.05) is 39.0 Å². The van der Waals surface area contributed by atoms with Gasteiger partial charge in [-0.3, -0.25) is 9.79 Å². The van der Waals surface area contributed by atoms with Crippen LogP contribution in [0.2, 0.25) is 0 Å². The fourth-order valence-electron chi connectivity index (χ4n) is 2.24. The van der Waals surface area contributed by atoms with E-state index in [1.54, 1.807) is 0 Å². The maximum Gasteiger partial charge on any atom is 0.222 e. The van der Waals surface area contributed by atoms with Crippen molar-refractivity contribution < 1.29 is 14.3 Å². The molecule has 3 N–H and O–H groups in total. The zero-order chi connectivity index (χ0) is 18.1. The Kier molecular flexibility index (Phi) is 10.2. The van der Waals surface area contributed by atoms with E-state index in [9.17, 15) is 4.79 Å². The summed E-state index contributed by atoms with van der Waals surface area (Å²) in [6.45, 7) is 8.82. The topological polar surface area (TPSA) is 84.0 Å².